The predicted octanol–water partition coefficient (Wildman–Crippen LogP) is 2.47. The Morgan fingerprint density at radius 2 is 1.73 bits per heavy atom. The van der Waals surface area contributed by atoms with Crippen LogP contribution in [0.15, 0.2) is 59.6 Å². The third kappa shape index (κ3) is 2.75. The van der Waals surface area contributed by atoms with Gasteiger partial charge in [0.05, 0.1) is 0 Å². The largest absolute Gasteiger partial charge is 0.344 e. The minimum absolute atomic E-state index is 0.308. The second-order valence-electron chi connectivity index (χ2n) is 5.25. The number of rotatable bonds is 1. The predicted molar refractivity (Wildman–Crippen MR) is 85.2 cm³/mol. The summed E-state index contributed by atoms with van der Waals surface area (Å²) in [4.78, 5) is 5.80. The van der Waals surface area contributed by atoms with Crippen LogP contribution in [0.5, 0.6) is 0 Å². The molecule has 1 unspecified atom stereocenters. The Bertz CT molecular complexity index is 816. The van der Waals surface area contributed by atoms with Gasteiger partial charge in [-0.3, -0.25) is 4.55 Å². The Labute approximate surface area is 129 Å². The van der Waals surface area contributed by atoms with Crippen molar-refractivity contribution in [2.75, 3.05) is 7.05 Å². The number of hydrogen-bond acceptors (Lipinski definition) is 4. The summed E-state index contributed by atoms with van der Waals surface area (Å²) >= 11 is 0. The van der Waals surface area contributed by atoms with Crippen molar-refractivity contribution in [3.8, 4) is 0 Å². The van der Waals surface area contributed by atoms with E-state index in [0.29, 0.717) is 6.54 Å². The van der Waals surface area contributed by atoms with Gasteiger partial charge in [-0.15, -0.1) is 0 Å². The van der Waals surface area contributed by atoms with Crippen LogP contribution in [0, 0.1) is 0 Å². The van der Waals surface area contributed by atoms with Gasteiger partial charge < -0.3 is 4.90 Å². The van der Waals surface area contributed by atoms with Crippen LogP contribution < -0.4 is 0 Å². The molecule has 2 aromatic rings. The highest BCUT2D eigenvalue weighted by atomic mass is 32.2. The molecule has 0 fully saturated rings. The molecule has 114 valence electrons. The maximum atomic E-state index is 11.7. The Hall–Kier alpha value is -2.18. The molecule has 1 atom stereocenters. The molecule has 1 aliphatic rings. The van der Waals surface area contributed by atoms with E-state index in [1.165, 1.54) is 4.90 Å². The van der Waals surface area contributed by atoms with E-state index < -0.39 is 16.2 Å². The molecule has 0 saturated carbocycles. The summed E-state index contributed by atoms with van der Waals surface area (Å²) in [6, 6.07) is 16.7. The third-order valence-electron chi connectivity index (χ3n) is 3.67. The van der Waals surface area contributed by atoms with Gasteiger partial charge in [-0.05, 0) is 16.7 Å². The SMILES string of the molecule is CN1Cc2ccccc2C(c2ccccc2)N=C1S(=O)(=O)O. The topological polar surface area (TPSA) is 70.0 Å². The fraction of sp³-hybridized carbons (Fsp3) is 0.188. The van der Waals surface area contributed by atoms with E-state index in [1.807, 2.05) is 54.6 Å². The smallest absolute Gasteiger partial charge is 0.328 e. The van der Waals surface area contributed by atoms with E-state index in [9.17, 15) is 13.0 Å². The van der Waals surface area contributed by atoms with Gasteiger partial charge in [0, 0.05) is 13.6 Å². The zero-order valence-electron chi connectivity index (χ0n) is 12.0. The van der Waals surface area contributed by atoms with E-state index in [2.05, 4.69) is 4.99 Å². The van der Waals surface area contributed by atoms with Crippen molar-refractivity contribution in [3.05, 3.63) is 71.3 Å². The van der Waals surface area contributed by atoms with Gasteiger partial charge in [0.15, 0.2) is 0 Å². The van der Waals surface area contributed by atoms with Crippen molar-refractivity contribution < 1.29 is 13.0 Å². The first kappa shape index (κ1) is 14.7. The van der Waals surface area contributed by atoms with Crippen LogP contribution in [0.3, 0.4) is 0 Å². The van der Waals surface area contributed by atoms with Gasteiger partial charge in [-0.2, -0.15) is 8.42 Å². The van der Waals surface area contributed by atoms with E-state index in [4.69, 9.17) is 0 Å². The van der Waals surface area contributed by atoms with Crippen LogP contribution in [0.4, 0.5) is 0 Å². The van der Waals surface area contributed by atoms with E-state index in [1.54, 1.807) is 7.05 Å². The number of amidine groups is 1. The normalized spacial score (nSPS) is 18.4. The lowest BCUT2D eigenvalue weighted by molar-refractivity contribution is 0.469. The second kappa shape index (κ2) is 5.55. The van der Waals surface area contributed by atoms with Crippen LogP contribution in [-0.2, 0) is 16.7 Å². The minimum Gasteiger partial charge on any atom is -0.344 e. The fourth-order valence-electron chi connectivity index (χ4n) is 2.70. The van der Waals surface area contributed by atoms with Crippen LogP contribution in [-0.4, -0.2) is 30.1 Å². The van der Waals surface area contributed by atoms with E-state index in [-0.39, 0.29) is 5.17 Å². The monoisotopic (exact) mass is 316 g/mol. The summed E-state index contributed by atoms with van der Waals surface area (Å²) in [5.74, 6) is 0. The zero-order valence-corrected chi connectivity index (χ0v) is 12.9. The Kier molecular flexibility index (Phi) is 3.72. The maximum absolute atomic E-state index is 11.7. The van der Waals surface area contributed by atoms with E-state index in [0.717, 1.165) is 16.7 Å². The molecule has 0 aromatic heterocycles. The Balaban J connectivity index is 2.23. The highest BCUT2D eigenvalue weighted by Gasteiger charge is 2.29. The van der Waals surface area contributed by atoms with Crippen molar-refractivity contribution in [3.63, 3.8) is 0 Å². The number of aliphatic imine (C=N–C) groups is 1. The van der Waals surface area contributed by atoms with Gasteiger partial charge in [-0.25, -0.2) is 4.99 Å². The van der Waals surface area contributed by atoms with Gasteiger partial charge in [0.25, 0.3) is 0 Å². The molecule has 5 nitrogen and oxygen atoms in total. The lowest BCUT2D eigenvalue weighted by Gasteiger charge is -2.16. The average molecular weight is 316 g/mol. The minimum atomic E-state index is -4.38. The lowest BCUT2D eigenvalue weighted by atomic mass is 9.95. The van der Waals surface area contributed by atoms with Crippen LogP contribution in [0.1, 0.15) is 22.7 Å². The van der Waals surface area contributed by atoms with Gasteiger partial charge >= 0.3 is 10.1 Å². The number of hydrogen-bond donors (Lipinski definition) is 1. The quantitative estimate of drug-likeness (QED) is 0.821. The maximum Gasteiger partial charge on any atom is 0.328 e. The number of nitrogens with zero attached hydrogens (tertiary/aromatic N) is 2. The molecular formula is C16H16N2O3S. The fourth-order valence-corrected chi connectivity index (χ4v) is 3.40. The Morgan fingerprint density at radius 1 is 1.09 bits per heavy atom. The molecule has 0 spiro atoms. The number of benzene rings is 2. The standard InChI is InChI=1S/C16H16N2O3S/c1-18-11-13-9-5-6-10-14(13)15(12-7-3-2-4-8-12)17-16(18)22(19,20)21/h2-10,15H,11H2,1H3,(H,19,20,21). The van der Waals surface area contributed by atoms with Crippen molar-refractivity contribution in [1.82, 2.24) is 4.90 Å². The summed E-state index contributed by atoms with van der Waals surface area (Å²) in [7, 11) is -2.77. The summed E-state index contributed by atoms with van der Waals surface area (Å²) in [6.07, 6.45) is 0. The van der Waals surface area contributed by atoms with Crippen LogP contribution in [0.25, 0.3) is 0 Å². The molecule has 6 heteroatoms. The lowest BCUT2D eigenvalue weighted by Crippen LogP contribution is -2.32. The first-order chi connectivity index (χ1) is 10.5. The summed E-state index contributed by atoms with van der Waals surface area (Å²) in [5.41, 5.74) is 2.81. The molecule has 0 radical (unpaired) electrons. The Morgan fingerprint density at radius 3 is 2.41 bits per heavy atom. The van der Waals surface area contributed by atoms with Crippen LogP contribution in [0.2, 0.25) is 0 Å². The first-order valence-corrected chi connectivity index (χ1v) is 8.30. The van der Waals surface area contributed by atoms with Crippen molar-refractivity contribution in [2.45, 2.75) is 12.6 Å². The molecule has 3 rings (SSSR count). The summed E-state index contributed by atoms with van der Waals surface area (Å²) in [5, 5.41) is -0.308. The van der Waals surface area contributed by atoms with E-state index >= 15 is 0 Å². The van der Waals surface area contributed by atoms with Crippen molar-refractivity contribution in [2.24, 2.45) is 4.99 Å². The average Bonchev–Trinajstić information content (AvgIpc) is 2.63. The summed E-state index contributed by atoms with van der Waals surface area (Å²) in [6.45, 7) is 0.373. The molecule has 22 heavy (non-hydrogen) atoms. The second-order valence-corrected chi connectivity index (χ2v) is 6.57. The highest BCUT2D eigenvalue weighted by Crippen LogP contribution is 2.32. The van der Waals surface area contributed by atoms with Gasteiger partial charge in [0.1, 0.15) is 6.04 Å². The molecule has 2 aromatic carbocycles. The van der Waals surface area contributed by atoms with Crippen molar-refractivity contribution in [1.29, 1.82) is 0 Å². The molecule has 1 N–H and O–H groups in total. The highest BCUT2D eigenvalue weighted by molar-refractivity contribution is 8.01. The molecule has 0 bridgehead atoms. The van der Waals surface area contributed by atoms with Crippen molar-refractivity contribution >= 4 is 15.3 Å². The number of fused-ring (bicyclic) bond motifs is 1. The molecule has 1 heterocycles. The molecule has 0 amide bonds. The third-order valence-corrected chi connectivity index (χ3v) is 4.55. The zero-order chi connectivity index (χ0) is 15.7. The molecule has 1 aliphatic heterocycles. The van der Waals surface area contributed by atoms with Gasteiger partial charge in [0.2, 0.25) is 5.17 Å². The molecule has 0 aliphatic carbocycles. The van der Waals surface area contributed by atoms with Gasteiger partial charge in [-0.1, -0.05) is 54.6 Å². The molecule has 0 saturated heterocycles. The van der Waals surface area contributed by atoms with Crippen LogP contribution >= 0.6 is 0 Å². The summed E-state index contributed by atoms with van der Waals surface area (Å²) < 4.78 is 32.8. The first-order valence-electron chi connectivity index (χ1n) is 6.86. The molecular weight excluding hydrogens is 300 g/mol.